The summed E-state index contributed by atoms with van der Waals surface area (Å²) in [5, 5.41) is 11.6. The summed E-state index contributed by atoms with van der Waals surface area (Å²) in [6.07, 6.45) is 6.00. The number of hydrogen-bond donors (Lipinski definition) is 2. The molecule has 186 valence electrons. The van der Waals surface area contributed by atoms with Crippen molar-refractivity contribution in [2.75, 3.05) is 30.3 Å². The fraction of sp³-hybridized carbons (Fsp3) is 0.296. The maximum Gasteiger partial charge on any atom is 0.225 e. The predicted molar refractivity (Wildman–Crippen MR) is 148 cm³/mol. The highest BCUT2D eigenvalue weighted by Crippen LogP contribution is 2.30. The number of rotatable bonds is 8. The van der Waals surface area contributed by atoms with Crippen LogP contribution in [0.25, 0.3) is 16.9 Å². The van der Waals surface area contributed by atoms with Crippen LogP contribution in [0.3, 0.4) is 0 Å². The molecule has 0 radical (unpaired) electrons. The fourth-order valence-corrected chi connectivity index (χ4v) is 5.07. The Labute approximate surface area is 224 Å². The Bertz CT molecular complexity index is 1370. The third-order valence-electron chi connectivity index (χ3n) is 6.37. The number of nitrogens with zero attached hydrogens (tertiary/aromatic N) is 4. The van der Waals surface area contributed by atoms with Crippen LogP contribution in [-0.2, 0) is 11.3 Å². The van der Waals surface area contributed by atoms with Gasteiger partial charge in [-0.2, -0.15) is 9.61 Å². The number of carbonyl (C=O) groups excluding carboxylic acids is 1. The molecular weight excluding hydrogens is 540 g/mol. The zero-order valence-electron chi connectivity index (χ0n) is 19.9. The lowest BCUT2D eigenvalue weighted by Crippen LogP contribution is -2.32. The zero-order chi connectivity index (χ0) is 24.9. The zero-order valence-corrected chi connectivity index (χ0v) is 22.2. The minimum Gasteiger partial charge on any atom is -0.366 e. The first-order chi connectivity index (χ1) is 17.6. The van der Waals surface area contributed by atoms with Crippen LogP contribution in [0.15, 0.2) is 65.3 Å². The summed E-state index contributed by atoms with van der Waals surface area (Å²) in [7, 11) is 0. The maximum absolute atomic E-state index is 12.5. The third-order valence-corrected chi connectivity index (χ3v) is 7.26. The van der Waals surface area contributed by atoms with Crippen molar-refractivity contribution in [2.24, 2.45) is 0 Å². The van der Waals surface area contributed by atoms with Crippen molar-refractivity contribution in [3.05, 3.63) is 75.9 Å². The van der Waals surface area contributed by atoms with E-state index in [1.54, 1.807) is 10.7 Å². The number of amides is 1. The lowest BCUT2D eigenvalue weighted by Gasteiger charge is -2.25. The van der Waals surface area contributed by atoms with Crippen molar-refractivity contribution in [1.29, 1.82) is 0 Å². The molecule has 4 aromatic rings. The molecule has 1 aliphatic rings. The number of likely N-dealkylation sites (tertiary alicyclic amines) is 1. The lowest BCUT2D eigenvalue weighted by molar-refractivity contribution is -0.116. The van der Waals surface area contributed by atoms with Gasteiger partial charge < -0.3 is 15.5 Å². The molecule has 0 aliphatic carbocycles. The molecule has 0 saturated carbocycles. The van der Waals surface area contributed by atoms with Crippen molar-refractivity contribution in [1.82, 2.24) is 19.5 Å². The van der Waals surface area contributed by atoms with Gasteiger partial charge in [-0.15, -0.1) is 0 Å². The molecule has 2 N–H and O–H groups in total. The molecule has 9 heteroatoms. The van der Waals surface area contributed by atoms with Crippen LogP contribution in [0.2, 0.25) is 5.02 Å². The van der Waals surface area contributed by atoms with Gasteiger partial charge in [-0.05, 0) is 65.6 Å². The molecule has 5 rings (SSSR count). The number of anilines is 2. The molecule has 0 unspecified atom stereocenters. The topological polar surface area (TPSA) is 74.6 Å². The molecule has 1 amide bonds. The SMILES string of the molecule is O=C(CCN1CCCCC1)Nc1cccc(CNc2cc(-c3ccccc3Cl)nc3c(Br)cnn23)c1. The minimum absolute atomic E-state index is 0.0484. The van der Waals surface area contributed by atoms with E-state index >= 15 is 0 Å². The minimum atomic E-state index is 0.0484. The second-order valence-electron chi connectivity index (χ2n) is 8.99. The highest BCUT2D eigenvalue weighted by Gasteiger charge is 2.14. The summed E-state index contributed by atoms with van der Waals surface area (Å²) in [5.41, 5.74) is 4.15. The van der Waals surface area contributed by atoms with Crippen LogP contribution < -0.4 is 10.6 Å². The maximum atomic E-state index is 12.5. The summed E-state index contributed by atoms with van der Waals surface area (Å²) < 4.78 is 2.56. The number of benzene rings is 2. The van der Waals surface area contributed by atoms with Gasteiger partial charge in [-0.3, -0.25) is 4.79 Å². The lowest BCUT2D eigenvalue weighted by atomic mass is 10.1. The number of halogens is 2. The van der Waals surface area contributed by atoms with Gasteiger partial charge in [0.05, 0.1) is 16.4 Å². The Balaban J connectivity index is 1.28. The number of hydrogen-bond acceptors (Lipinski definition) is 5. The van der Waals surface area contributed by atoms with Crippen LogP contribution in [-0.4, -0.2) is 45.0 Å². The van der Waals surface area contributed by atoms with E-state index in [2.05, 4.69) is 36.6 Å². The number of piperidine rings is 1. The van der Waals surface area contributed by atoms with Crippen molar-refractivity contribution >= 4 is 50.6 Å². The van der Waals surface area contributed by atoms with Crippen molar-refractivity contribution in [3.8, 4) is 11.3 Å². The van der Waals surface area contributed by atoms with E-state index in [4.69, 9.17) is 16.6 Å². The first-order valence-corrected chi connectivity index (χ1v) is 13.4. The average Bonchev–Trinajstić information content (AvgIpc) is 3.28. The molecule has 0 spiro atoms. The van der Waals surface area contributed by atoms with Crippen LogP contribution in [0.1, 0.15) is 31.2 Å². The third kappa shape index (κ3) is 5.88. The number of fused-ring (bicyclic) bond motifs is 1. The Morgan fingerprint density at radius 3 is 2.72 bits per heavy atom. The van der Waals surface area contributed by atoms with E-state index in [1.165, 1.54) is 19.3 Å². The highest BCUT2D eigenvalue weighted by molar-refractivity contribution is 9.10. The van der Waals surface area contributed by atoms with Gasteiger partial charge in [0.1, 0.15) is 5.82 Å². The molecule has 1 fully saturated rings. The van der Waals surface area contributed by atoms with E-state index in [9.17, 15) is 4.79 Å². The van der Waals surface area contributed by atoms with Gasteiger partial charge >= 0.3 is 0 Å². The molecule has 3 heterocycles. The van der Waals surface area contributed by atoms with E-state index < -0.39 is 0 Å². The Hall–Kier alpha value is -2.94. The quantitative estimate of drug-likeness (QED) is 0.264. The van der Waals surface area contributed by atoms with Gasteiger partial charge in [-0.1, -0.05) is 48.4 Å². The van der Waals surface area contributed by atoms with Gasteiger partial charge in [0.15, 0.2) is 5.65 Å². The smallest absolute Gasteiger partial charge is 0.225 e. The summed E-state index contributed by atoms with van der Waals surface area (Å²) in [5.74, 6) is 0.837. The van der Waals surface area contributed by atoms with Crippen molar-refractivity contribution < 1.29 is 4.79 Å². The number of aromatic nitrogens is 3. The molecule has 2 aromatic heterocycles. The van der Waals surface area contributed by atoms with Gasteiger partial charge in [-0.25, -0.2) is 4.98 Å². The van der Waals surface area contributed by atoms with Crippen molar-refractivity contribution in [3.63, 3.8) is 0 Å². The second-order valence-corrected chi connectivity index (χ2v) is 10.3. The van der Waals surface area contributed by atoms with E-state index in [1.807, 2.05) is 54.6 Å². The van der Waals surface area contributed by atoms with Gasteiger partial charge in [0, 0.05) is 41.9 Å². The predicted octanol–water partition coefficient (Wildman–Crippen LogP) is 6.24. The number of nitrogens with one attached hydrogen (secondary N) is 2. The molecule has 0 bridgehead atoms. The van der Waals surface area contributed by atoms with Crippen LogP contribution in [0, 0.1) is 0 Å². The first-order valence-electron chi connectivity index (χ1n) is 12.2. The molecule has 1 aliphatic heterocycles. The van der Waals surface area contributed by atoms with Crippen molar-refractivity contribution in [2.45, 2.75) is 32.2 Å². The summed E-state index contributed by atoms with van der Waals surface area (Å²) in [6, 6.07) is 17.5. The Morgan fingerprint density at radius 1 is 1.06 bits per heavy atom. The van der Waals surface area contributed by atoms with Gasteiger partial charge in [0.2, 0.25) is 5.91 Å². The van der Waals surface area contributed by atoms with Crippen LogP contribution in [0.4, 0.5) is 11.5 Å². The molecule has 7 nitrogen and oxygen atoms in total. The van der Waals surface area contributed by atoms with Gasteiger partial charge in [0.25, 0.3) is 0 Å². The second kappa shape index (κ2) is 11.4. The highest BCUT2D eigenvalue weighted by atomic mass is 79.9. The van der Waals surface area contributed by atoms with E-state index in [0.29, 0.717) is 23.6 Å². The monoisotopic (exact) mass is 566 g/mol. The van der Waals surface area contributed by atoms with E-state index in [0.717, 1.165) is 52.4 Å². The molecule has 2 aromatic carbocycles. The molecule has 36 heavy (non-hydrogen) atoms. The van der Waals surface area contributed by atoms with Crippen LogP contribution >= 0.6 is 27.5 Å². The van der Waals surface area contributed by atoms with E-state index in [-0.39, 0.29) is 5.91 Å². The number of carbonyl (C=O) groups is 1. The normalized spacial score (nSPS) is 14.2. The van der Waals surface area contributed by atoms with Crippen LogP contribution in [0.5, 0.6) is 0 Å². The molecule has 1 saturated heterocycles. The standard InChI is InChI=1S/C27H28BrClN6O/c28-22-18-31-35-25(16-24(33-27(22)35)21-9-2-3-10-23(21)29)30-17-19-7-6-8-20(15-19)32-26(36)11-14-34-12-4-1-5-13-34/h2-3,6-10,15-16,18,30H,1,4-5,11-14,17H2,(H,32,36). The Morgan fingerprint density at radius 2 is 1.89 bits per heavy atom. The molecular formula is C27H28BrClN6O. The summed E-state index contributed by atoms with van der Waals surface area (Å²) in [6.45, 7) is 3.57. The largest absolute Gasteiger partial charge is 0.366 e. The Kier molecular flexibility index (Phi) is 7.84. The first kappa shape index (κ1) is 24.7. The average molecular weight is 568 g/mol. The molecule has 0 atom stereocenters. The fourth-order valence-electron chi connectivity index (χ4n) is 4.49. The summed E-state index contributed by atoms with van der Waals surface area (Å²) >= 11 is 9.99. The summed E-state index contributed by atoms with van der Waals surface area (Å²) in [4.78, 5) is 19.6.